The summed E-state index contributed by atoms with van der Waals surface area (Å²) in [4.78, 5) is 25.8. The fourth-order valence-electron chi connectivity index (χ4n) is 2.72. The summed E-state index contributed by atoms with van der Waals surface area (Å²) in [6.45, 7) is 3.29. The Morgan fingerprint density at radius 2 is 2.05 bits per heavy atom. The minimum absolute atomic E-state index is 0.0401. The number of likely N-dealkylation sites (tertiary alicyclic amines) is 1. The summed E-state index contributed by atoms with van der Waals surface area (Å²) in [6.07, 6.45) is 2.56. The topological polar surface area (TPSA) is 46.6 Å². The lowest BCUT2D eigenvalue weighted by atomic mass is 9.97. The number of amides is 1. The summed E-state index contributed by atoms with van der Waals surface area (Å²) in [5, 5.41) is 0. The second-order valence-corrected chi connectivity index (χ2v) is 5.56. The van der Waals surface area contributed by atoms with Crippen LogP contribution in [-0.2, 0) is 20.7 Å². The van der Waals surface area contributed by atoms with E-state index in [9.17, 15) is 14.0 Å². The van der Waals surface area contributed by atoms with E-state index >= 15 is 0 Å². The molecule has 0 unspecified atom stereocenters. The highest BCUT2D eigenvalue weighted by Gasteiger charge is 2.28. The van der Waals surface area contributed by atoms with Gasteiger partial charge in [-0.15, -0.1) is 0 Å². The highest BCUT2D eigenvalue weighted by atomic mass is 19.1. The van der Waals surface area contributed by atoms with Crippen molar-refractivity contribution in [1.29, 1.82) is 0 Å². The van der Waals surface area contributed by atoms with E-state index in [0.717, 1.165) is 18.4 Å². The Hall–Kier alpha value is -1.91. The molecule has 1 saturated heterocycles. The van der Waals surface area contributed by atoms with E-state index in [2.05, 4.69) is 0 Å². The van der Waals surface area contributed by atoms with Crippen LogP contribution in [0.5, 0.6) is 0 Å². The largest absolute Gasteiger partial charge is 0.466 e. The maximum absolute atomic E-state index is 12.8. The van der Waals surface area contributed by atoms with Crippen LogP contribution in [0.1, 0.15) is 31.7 Å². The number of esters is 1. The van der Waals surface area contributed by atoms with Gasteiger partial charge in [0.25, 0.3) is 0 Å². The number of piperidine rings is 1. The zero-order chi connectivity index (χ0) is 15.9. The summed E-state index contributed by atoms with van der Waals surface area (Å²) in [6, 6.07) is 6.19. The van der Waals surface area contributed by atoms with Crippen LogP contribution in [0, 0.1) is 11.7 Å². The molecule has 0 aliphatic carbocycles. The Labute approximate surface area is 130 Å². The number of benzene rings is 1. The molecular formula is C17H22FNO3. The number of hydrogen-bond donors (Lipinski definition) is 0. The molecule has 0 radical (unpaired) electrons. The average Bonchev–Trinajstić information content (AvgIpc) is 2.54. The van der Waals surface area contributed by atoms with Crippen molar-refractivity contribution in [1.82, 2.24) is 4.90 Å². The number of hydrogen-bond acceptors (Lipinski definition) is 3. The number of carbonyl (C=O) groups excluding carboxylic acids is 2. The smallest absolute Gasteiger partial charge is 0.310 e. The van der Waals surface area contributed by atoms with Crippen molar-refractivity contribution in [3.05, 3.63) is 35.6 Å². The van der Waals surface area contributed by atoms with Gasteiger partial charge in [-0.3, -0.25) is 9.59 Å². The standard InChI is InChI=1S/C17H22FNO3/c1-2-22-17(21)14-4-3-11-19(12-14)16(20)10-7-13-5-8-15(18)9-6-13/h5-6,8-9,14H,2-4,7,10-12H2,1H3/t14-/m1/s1. The third-order valence-corrected chi connectivity index (χ3v) is 3.93. The summed E-state index contributed by atoms with van der Waals surface area (Å²) in [7, 11) is 0. The molecule has 0 spiro atoms. The van der Waals surface area contributed by atoms with Crippen LogP contribution in [0.3, 0.4) is 0 Å². The molecule has 0 aromatic heterocycles. The molecule has 1 aliphatic heterocycles. The predicted octanol–water partition coefficient (Wildman–Crippen LogP) is 2.56. The van der Waals surface area contributed by atoms with Gasteiger partial charge in [0, 0.05) is 19.5 Å². The number of ether oxygens (including phenoxy) is 1. The van der Waals surface area contributed by atoms with Crippen LogP contribution < -0.4 is 0 Å². The zero-order valence-electron chi connectivity index (χ0n) is 12.9. The molecule has 1 aromatic carbocycles. The lowest BCUT2D eigenvalue weighted by Crippen LogP contribution is -2.42. The minimum atomic E-state index is -0.275. The molecule has 0 saturated carbocycles. The van der Waals surface area contributed by atoms with Gasteiger partial charge in [0.15, 0.2) is 0 Å². The van der Waals surface area contributed by atoms with Crippen molar-refractivity contribution < 1.29 is 18.7 Å². The third kappa shape index (κ3) is 4.55. The van der Waals surface area contributed by atoms with Gasteiger partial charge in [-0.25, -0.2) is 4.39 Å². The van der Waals surface area contributed by atoms with Crippen molar-refractivity contribution in [2.45, 2.75) is 32.6 Å². The van der Waals surface area contributed by atoms with Gasteiger partial charge < -0.3 is 9.64 Å². The number of aryl methyl sites for hydroxylation is 1. The highest BCUT2D eigenvalue weighted by Crippen LogP contribution is 2.19. The van der Waals surface area contributed by atoms with Gasteiger partial charge in [0.05, 0.1) is 12.5 Å². The van der Waals surface area contributed by atoms with Gasteiger partial charge in [0.2, 0.25) is 5.91 Å². The molecule has 4 nitrogen and oxygen atoms in total. The third-order valence-electron chi connectivity index (χ3n) is 3.93. The van der Waals surface area contributed by atoms with Crippen LogP contribution in [0.15, 0.2) is 24.3 Å². The molecule has 1 heterocycles. The SMILES string of the molecule is CCOC(=O)[C@@H]1CCCN(C(=O)CCc2ccc(F)cc2)C1. The number of rotatable bonds is 5. The fraction of sp³-hybridized carbons (Fsp3) is 0.529. The second kappa shape index (κ2) is 7.92. The summed E-state index contributed by atoms with van der Waals surface area (Å²) < 4.78 is 17.9. The molecule has 1 atom stereocenters. The number of halogens is 1. The molecule has 1 aromatic rings. The van der Waals surface area contributed by atoms with E-state index in [4.69, 9.17) is 4.74 Å². The van der Waals surface area contributed by atoms with Crippen LogP contribution in [0.2, 0.25) is 0 Å². The highest BCUT2D eigenvalue weighted by molar-refractivity contribution is 5.78. The van der Waals surface area contributed by atoms with Crippen molar-refractivity contribution in [2.24, 2.45) is 5.92 Å². The van der Waals surface area contributed by atoms with Gasteiger partial charge in [0.1, 0.15) is 5.82 Å². The fourth-order valence-corrected chi connectivity index (χ4v) is 2.72. The quantitative estimate of drug-likeness (QED) is 0.785. The van der Waals surface area contributed by atoms with Crippen molar-refractivity contribution in [3.8, 4) is 0 Å². The van der Waals surface area contributed by atoms with Gasteiger partial charge in [-0.1, -0.05) is 12.1 Å². The first-order chi connectivity index (χ1) is 10.6. The molecule has 0 bridgehead atoms. The van der Waals surface area contributed by atoms with Gasteiger partial charge >= 0.3 is 5.97 Å². The van der Waals surface area contributed by atoms with Crippen LogP contribution in [-0.4, -0.2) is 36.5 Å². The van der Waals surface area contributed by atoms with Gasteiger partial charge in [-0.2, -0.15) is 0 Å². The maximum atomic E-state index is 12.8. The number of nitrogens with zero attached hydrogens (tertiary/aromatic N) is 1. The molecule has 1 aliphatic rings. The molecule has 0 N–H and O–H groups in total. The Morgan fingerprint density at radius 3 is 2.73 bits per heavy atom. The average molecular weight is 307 g/mol. The lowest BCUT2D eigenvalue weighted by Gasteiger charge is -2.31. The summed E-state index contributed by atoms with van der Waals surface area (Å²) in [5.74, 6) is -0.649. The van der Waals surface area contributed by atoms with Crippen molar-refractivity contribution in [2.75, 3.05) is 19.7 Å². The first kappa shape index (κ1) is 16.5. The van der Waals surface area contributed by atoms with Crippen LogP contribution in [0.25, 0.3) is 0 Å². The lowest BCUT2D eigenvalue weighted by molar-refractivity contribution is -0.151. The van der Waals surface area contributed by atoms with Crippen LogP contribution in [0.4, 0.5) is 4.39 Å². The van der Waals surface area contributed by atoms with E-state index in [1.54, 1.807) is 24.0 Å². The molecule has 5 heteroatoms. The normalized spacial score (nSPS) is 18.1. The summed E-state index contributed by atoms with van der Waals surface area (Å²) >= 11 is 0. The first-order valence-electron chi connectivity index (χ1n) is 7.79. The van der Waals surface area contributed by atoms with E-state index in [1.165, 1.54) is 12.1 Å². The molecule has 120 valence electrons. The first-order valence-corrected chi connectivity index (χ1v) is 7.79. The summed E-state index contributed by atoms with van der Waals surface area (Å²) in [5.41, 5.74) is 0.939. The monoisotopic (exact) mass is 307 g/mol. The Balaban J connectivity index is 1.83. The van der Waals surface area contributed by atoms with Gasteiger partial charge in [-0.05, 0) is 43.9 Å². The van der Waals surface area contributed by atoms with Crippen LogP contribution >= 0.6 is 0 Å². The Morgan fingerprint density at radius 1 is 1.32 bits per heavy atom. The molecule has 22 heavy (non-hydrogen) atoms. The number of carbonyl (C=O) groups is 2. The van der Waals surface area contributed by atoms with E-state index in [0.29, 0.717) is 32.5 Å². The molecule has 1 fully saturated rings. The molecule has 1 amide bonds. The zero-order valence-corrected chi connectivity index (χ0v) is 12.9. The maximum Gasteiger partial charge on any atom is 0.310 e. The Bertz CT molecular complexity index is 515. The molecule has 2 rings (SSSR count). The van der Waals surface area contributed by atoms with E-state index in [-0.39, 0.29) is 23.6 Å². The van der Waals surface area contributed by atoms with E-state index in [1.807, 2.05) is 0 Å². The Kier molecular flexibility index (Phi) is 5.92. The van der Waals surface area contributed by atoms with E-state index < -0.39 is 0 Å². The molecular weight excluding hydrogens is 285 g/mol. The second-order valence-electron chi connectivity index (χ2n) is 5.56. The van der Waals surface area contributed by atoms with Crippen molar-refractivity contribution >= 4 is 11.9 Å². The minimum Gasteiger partial charge on any atom is -0.466 e. The van der Waals surface area contributed by atoms with Crippen molar-refractivity contribution in [3.63, 3.8) is 0 Å². The predicted molar refractivity (Wildman–Crippen MR) is 80.7 cm³/mol.